The van der Waals surface area contributed by atoms with E-state index >= 15 is 0 Å². The van der Waals surface area contributed by atoms with Gasteiger partial charge in [-0.3, -0.25) is 10.1 Å². The highest BCUT2D eigenvalue weighted by atomic mass is 32.1. The highest BCUT2D eigenvalue weighted by molar-refractivity contribution is 7.81. The SMILES string of the molecule is CCO[C@H](CCOC(=O)CS)[C@H](OC(=O)Nc1ccccc1)c1ccc(OC)c(O)c1. The number of carbonyl (C=O) groups is 2. The van der Waals surface area contributed by atoms with Crippen LogP contribution in [0.2, 0.25) is 0 Å². The molecule has 0 heterocycles. The minimum absolute atomic E-state index is 0.0366. The standard InChI is InChI=1S/C22H27NO7S/c1-3-28-19(11-12-29-20(25)14-31)21(15-9-10-18(27-2)17(24)13-15)30-22(26)23-16-7-5-4-6-8-16/h4-10,13,19,21,24,31H,3,11-12,14H2,1-2H3,(H,23,26)/t19-,21-/m1/s1. The lowest BCUT2D eigenvalue weighted by Gasteiger charge is -2.27. The van der Waals surface area contributed by atoms with E-state index in [4.69, 9.17) is 18.9 Å². The lowest BCUT2D eigenvalue weighted by molar-refractivity contribution is -0.142. The summed E-state index contributed by atoms with van der Waals surface area (Å²) in [6.07, 6.45) is -1.94. The number of benzene rings is 2. The first kappa shape index (κ1) is 24.4. The molecule has 0 saturated heterocycles. The number of carbonyl (C=O) groups excluding carboxylic acids is 2. The summed E-state index contributed by atoms with van der Waals surface area (Å²) in [6.45, 7) is 2.21. The molecule has 2 N–H and O–H groups in total. The summed E-state index contributed by atoms with van der Waals surface area (Å²) >= 11 is 3.88. The van der Waals surface area contributed by atoms with Gasteiger partial charge in [-0.2, -0.15) is 12.6 Å². The van der Waals surface area contributed by atoms with Crippen molar-refractivity contribution in [1.29, 1.82) is 0 Å². The van der Waals surface area contributed by atoms with Crippen LogP contribution in [0, 0.1) is 0 Å². The second-order valence-electron chi connectivity index (χ2n) is 6.41. The number of phenols is 1. The van der Waals surface area contributed by atoms with Gasteiger partial charge in [-0.1, -0.05) is 24.3 Å². The predicted octanol–water partition coefficient (Wildman–Crippen LogP) is 3.96. The normalized spacial score (nSPS) is 12.5. The average molecular weight is 450 g/mol. The molecule has 0 spiro atoms. The molecule has 2 atom stereocenters. The molecule has 0 unspecified atom stereocenters. The van der Waals surface area contributed by atoms with E-state index in [2.05, 4.69) is 17.9 Å². The maximum atomic E-state index is 12.6. The van der Waals surface area contributed by atoms with Crippen LogP contribution in [0.25, 0.3) is 0 Å². The molecular weight excluding hydrogens is 422 g/mol. The Morgan fingerprint density at radius 1 is 1.16 bits per heavy atom. The number of nitrogens with one attached hydrogen (secondary N) is 1. The van der Waals surface area contributed by atoms with Crippen LogP contribution in [0.3, 0.4) is 0 Å². The van der Waals surface area contributed by atoms with E-state index in [9.17, 15) is 14.7 Å². The largest absolute Gasteiger partial charge is 0.504 e. The molecular formula is C22H27NO7S. The third kappa shape index (κ3) is 7.69. The smallest absolute Gasteiger partial charge is 0.412 e. The lowest BCUT2D eigenvalue weighted by Crippen LogP contribution is -2.30. The zero-order valence-corrected chi connectivity index (χ0v) is 18.3. The number of para-hydroxylation sites is 1. The number of anilines is 1. The van der Waals surface area contributed by atoms with Gasteiger partial charge in [0.1, 0.15) is 6.10 Å². The maximum absolute atomic E-state index is 12.6. The van der Waals surface area contributed by atoms with Crippen LogP contribution in [0.4, 0.5) is 10.5 Å². The Labute approximate surface area is 186 Å². The first-order chi connectivity index (χ1) is 15.0. The van der Waals surface area contributed by atoms with Gasteiger partial charge in [0.2, 0.25) is 0 Å². The van der Waals surface area contributed by atoms with Crippen LogP contribution in [-0.4, -0.2) is 49.3 Å². The molecule has 1 amide bonds. The van der Waals surface area contributed by atoms with Crippen LogP contribution in [0.5, 0.6) is 11.5 Å². The summed E-state index contributed by atoms with van der Waals surface area (Å²) in [5.41, 5.74) is 1.07. The lowest BCUT2D eigenvalue weighted by atomic mass is 10.0. The Bertz CT molecular complexity index is 847. The van der Waals surface area contributed by atoms with E-state index in [0.717, 1.165) is 0 Å². The second-order valence-corrected chi connectivity index (χ2v) is 6.73. The van der Waals surface area contributed by atoms with Crippen molar-refractivity contribution in [2.75, 3.05) is 31.4 Å². The van der Waals surface area contributed by atoms with Crippen molar-refractivity contribution in [2.45, 2.75) is 25.6 Å². The minimum atomic E-state index is -0.879. The van der Waals surface area contributed by atoms with Crippen molar-refractivity contribution < 1.29 is 33.6 Å². The summed E-state index contributed by atoms with van der Waals surface area (Å²) in [7, 11) is 1.44. The fourth-order valence-corrected chi connectivity index (χ4v) is 2.99. The van der Waals surface area contributed by atoms with Gasteiger partial charge in [-0.15, -0.1) is 0 Å². The van der Waals surface area contributed by atoms with E-state index in [1.165, 1.54) is 13.2 Å². The number of aromatic hydroxyl groups is 1. The van der Waals surface area contributed by atoms with Crippen molar-refractivity contribution in [1.82, 2.24) is 0 Å². The second kappa shape index (κ2) is 12.7. The topological polar surface area (TPSA) is 103 Å². The zero-order valence-electron chi connectivity index (χ0n) is 17.4. The van der Waals surface area contributed by atoms with E-state index in [1.54, 1.807) is 43.3 Å². The van der Waals surface area contributed by atoms with Crippen molar-refractivity contribution in [3.05, 3.63) is 54.1 Å². The van der Waals surface area contributed by atoms with Crippen molar-refractivity contribution in [3.8, 4) is 11.5 Å². The van der Waals surface area contributed by atoms with Crippen molar-refractivity contribution in [3.63, 3.8) is 0 Å². The predicted molar refractivity (Wildman–Crippen MR) is 119 cm³/mol. The van der Waals surface area contributed by atoms with Gasteiger partial charge in [0.05, 0.1) is 19.5 Å². The van der Waals surface area contributed by atoms with Crippen molar-refractivity contribution in [2.24, 2.45) is 0 Å². The molecule has 0 fully saturated rings. The number of phenolic OH excluding ortho intramolecular Hbond substituents is 1. The number of ether oxygens (including phenoxy) is 4. The molecule has 0 aliphatic rings. The molecule has 0 aliphatic heterocycles. The number of thiol groups is 1. The summed E-state index contributed by atoms with van der Waals surface area (Å²) in [5.74, 6) is -0.314. The highest BCUT2D eigenvalue weighted by Crippen LogP contribution is 2.33. The van der Waals surface area contributed by atoms with Crippen LogP contribution >= 0.6 is 12.6 Å². The van der Waals surface area contributed by atoms with Gasteiger partial charge in [0.25, 0.3) is 0 Å². The molecule has 9 heteroatoms. The third-order valence-corrected chi connectivity index (χ3v) is 4.56. The van der Waals surface area contributed by atoms with E-state index < -0.39 is 24.3 Å². The van der Waals surface area contributed by atoms with Crippen LogP contribution in [0.15, 0.2) is 48.5 Å². The van der Waals surface area contributed by atoms with Crippen LogP contribution < -0.4 is 10.1 Å². The number of hydrogen-bond donors (Lipinski definition) is 3. The van der Waals surface area contributed by atoms with E-state index in [1.807, 2.05) is 6.07 Å². The van der Waals surface area contributed by atoms with Gasteiger partial charge in [-0.05, 0) is 36.8 Å². The number of esters is 1. The van der Waals surface area contributed by atoms with Gasteiger partial charge in [0.15, 0.2) is 17.6 Å². The number of amides is 1. The average Bonchev–Trinajstić information content (AvgIpc) is 2.77. The fraction of sp³-hybridized carbons (Fsp3) is 0.364. The molecule has 2 aromatic rings. The van der Waals surface area contributed by atoms with Gasteiger partial charge in [0, 0.05) is 18.7 Å². The molecule has 31 heavy (non-hydrogen) atoms. The first-order valence-electron chi connectivity index (χ1n) is 9.76. The monoisotopic (exact) mass is 449 g/mol. The Morgan fingerprint density at radius 3 is 2.52 bits per heavy atom. The molecule has 0 bridgehead atoms. The molecule has 168 valence electrons. The number of rotatable bonds is 11. The Hall–Kier alpha value is -2.91. The third-order valence-electron chi connectivity index (χ3n) is 4.30. The summed E-state index contributed by atoms with van der Waals surface area (Å²) in [4.78, 5) is 24.0. The molecule has 0 radical (unpaired) electrons. The minimum Gasteiger partial charge on any atom is -0.504 e. The molecule has 0 aromatic heterocycles. The van der Waals surface area contributed by atoms with Gasteiger partial charge < -0.3 is 24.1 Å². The van der Waals surface area contributed by atoms with Gasteiger partial charge in [-0.25, -0.2) is 4.79 Å². The quantitative estimate of drug-likeness (QED) is 0.352. The Kier molecular flexibility index (Phi) is 9.99. The van der Waals surface area contributed by atoms with Crippen LogP contribution in [-0.2, 0) is 19.0 Å². The summed E-state index contributed by atoms with van der Waals surface area (Å²) in [6, 6.07) is 13.5. The Morgan fingerprint density at radius 2 is 1.90 bits per heavy atom. The summed E-state index contributed by atoms with van der Waals surface area (Å²) in [5, 5.41) is 12.9. The maximum Gasteiger partial charge on any atom is 0.412 e. The Balaban J connectivity index is 2.24. The molecule has 2 rings (SSSR count). The van der Waals surface area contributed by atoms with E-state index in [-0.39, 0.29) is 30.3 Å². The zero-order chi connectivity index (χ0) is 22.6. The van der Waals surface area contributed by atoms with E-state index in [0.29, 0.717) is 17.9 Å². The molecule has 0 aliphatic carbocycles. The molecule has 0 saturated carbocycles. The summed E-state index contributed by atoms with van der Waals surface area (Å²) < 4.78 is 21.7. The molecule has 2 aromatic carbocycles. The van der Waals surface area contributed by atoms with Gasteiger partial charge >= 0.3 is 12.1 Å². The molecule has 8 nitrogen and oxygen atoms in total. The first-order valence-corrected chi connectivity index (χ1v) is 10.4. The number of methoxy groups -OCH3 is 1. The highest BCUT2D eigenvalue weighted by Gasteiger charge is 2.29. The van der Waals surface area contributed by atoms with Crippen molar-refractivity contribution >= 4 is 30.4 Å². The number of hydrogen-bond acceptors (Lipinski definition) is 8. The van der Waals surface area contributed by atoms with Crippen LogP contribution in [0.1, 0.15) is 25.0 Å². The fourth-order valence-electron chi connectivity index (χ4n) is 2.90.